The third-order valence-corrected chi connectivity index (χ3v) is 6.20. The molecule has 3 aliphatic heterocycles. The third kappa shape index (κ3) is 2.17. The molecule has 3 heterocycles. The van der Waals surface area contributed by atoms with E-state index < -0.39 is 53.1 Å². The average Bonchev–Trinajstić information content (AvgIpc) is 3.20. The van der Waals surface area contributed by atoms with E-state index in [-0.39, 0.29) is 6.04 Å². The molecule has 3 N–H and O–H groups in total. The number of likely N-dealkylation sites (tertiary alicyclic amines) is 1. The maximum Gasteiger partial charge on any atom is 0.250 e. The number of rotatable bonds is 3. The van der Waals surface area contributed by atoms with Crippen LogP contribution >= 0.6 is 0 Å². The highest BCUT2D eigenvalue weighted by atomic mass is 19.1. The lowest BCUT2D eigenvalue weighted by Crippen LogP contribution is -2.55. The second-order valence-corrected chi connectivity index (χ2v) is 7.67. The Morgan fingerprint density at radius 1 is 1.26 bits per heavy atom. The van der Waals surface area contributed by atoms with Gasteiger partial charge in [-0.05, 0) is 38.5 Å². The Balaban J connectivity index is 1.92. The van der Waals surface area contributed by atoms with E-state index in [2.05, 4.69) is 10.6 Å². The zero-order valence-electron chi connectivity index (χ0n) is 15.3. The minimum atomic E-state index is -1.57. The van der Waals surface area contributed by atoms with Crippen LogP contribution < -0.4 is 10.6 Å². The topological polar surface area (TPSA) is 98.7 Å². The van der Waals surface area contributed by atoms with Gasteiger partial charge in [0.2, 0.25) is 17.7 Å². The Bertz CT molecular complexity index is 857. The molecule has 2 fully saturated rings. The normalized spacial score (nSPS) is 34.0. The van der Waals surface area contributed by atoms with Crippen molar-refractivity contribution in [2.24, 2.45) is 11.8 Å². The number of aliphatic hydroxyl groups excluding tert-OH is 1. The molecule has 7 nitrogen and oxygen atoms in total. The van der Waals surface area contributed by atoms with E-state index in [1.165, 1.54) is 30.0 Å². The van der Waals surface area contributed by atoms with Gasteiger partial charge in [-0.15, -0.1) is 0 Å². The lowest BCUT2D eigenvalue weighted by molar-refractivity contribution is -0.145. The first-order valence-corrected chi connectivity index (χ1v) is 9.18. The first kappa shape index (κ1) is 18.1. The van der Waals surface area contributed by atoms with Crippen molar-refractivity contribution in [1.82, 2.24) is 10.2 Å². The number of carbonyl (C=O) groups is 3. The van der Waals surface area contributed by atoms with Gasteiger partial charge in [0.15, 0.2) is 0 Å². The van der Waals surface area contributed by atoms with Crippen molar-refractivity contribution in [1.29, 1.82) is 0 Å². The zero-order valence-corrected chi connectivity index (χ0v) is 15.3. The number of nitrogens with one attached hydrogen (secondary N) is 2. The predicted octanol–water partition coefficient (Wildman–Crippen LogP) is 0.725. The van der Waals surface area contributed by atoms with Crippen LogP contribution in [0.2, 0.25) is 0 Å². The van der Waals surface area contributed by atoms with Gasteiger partial charge in [0.25, 0.3) is 0 Å². The number of imide groups is 1. The van der Waals surface area contributed by atoms with Crippen LogP contribution in [0.5, 0.6) is 0 Å². The van der Waals surface area contributed by atoms with Gasteiger partial charge in [-0.1, -0.05) is 6.92 Å². The van der Waals surface area contributed by atoms with Gasteiger partial charge in [-0.25, -0.2) is 4.39 Å². The van der Waals surface area contributed by atoms with Crippen molar-refractivity contribution in [3.8, 4) is 0 Å². The summed E-state index contributed by atoms with van der Waals surface area (Å²) in [4.78, 5) is 40.6. The van der Waals surface area contributed by atoms with Gasteiger partial charge in [-0.3, -0.25) is 24.6 Å². The molecule has 2 saturated heterocycles. The van der Waals surface area contributed by atoms with Crippen molar-refractivity contribution in [3.63, 3.8) is 0 Å². The molecular formula is C19H22FN3O4. The maximum atomic E-state index is 14.0. The number of halogens is 1. The van der Waals surface area contributed by atoms with Crippen LogP contribution in [0.3, 0.4) is 0 Å². The fourth-order valence-corrected chi connectivity index (χ4v) is 4.76. The summed E-state index contributed by atoms with van der Waals surface area (Å²) in [6.45, 7) is 5.15. The van der Waals surface area contributed by atoms with E-state index in [1.807, 2.05) is 6.92 Å². The van der Waals surface area contributed by atoms with Crippen LogP contribution in [0, 0.1) is 17.7 Å². The highest BCUT2D eigenvalue weighted by molar-refractivity contribution is 6.15. The molecule has 3 amide bonds. The van der Waals surface area contributed by atoms with Crippen LogP contribution in [0.4, 0.5) is 10.1 Å². The van der Waals surface area contributed by atoms with Crippen LogP contribution in [0.25, 0.3) is 0 Å². The molecule has 0 bridgehead atoms. The molecule has 27 heavy (non-hydrogen) atoms. The monoisotopic (exact) mass is 375 g/mol. The van der Waals surface area contributed by atoms with E-state index in [4.69, 9.17) is 0 Å². The summed E-state index contributed by atoms with van der Waals surface area (Å²) in [6, 6.07) is 2.77. The molecule has 0 radical (unpaired) electrons. The van der Waals surface area contributed by atoms with Gasteiger partial charge in [0, 0.05) is 23.3 Å². The standard InChI is InChI=1S/C19H22FN3O4/c1-4-8(2)23-16(25)13-14(17(23)26)19(22-15(13)9(3)24)11-7-10(20)5-6-12(11)21-18(19)27/h5-9,13-15,22,24H,4H2,1-3H3,(H,21,27)/t8-,9-,13-,14-,15-,19+/m0/s1. The minimum Gasteiger partial charge on any atom is -0.392 e. The lowest BCUT2D eigenvalue weighted by Gasteiger charge is -2.31. The van der Waals surface area contributed by atoms with Gasteiger partial charge in [0.05, 0.1) is 17.9 Å². The molecule has 6 atom stereocenters. The first-order valence-electron chi connectivity index (χ1n) is 9.18. The zero-order chi connectivity index (χ0) is 19.7. The molecule has 3 aliphatic rings. The lowest BCUT2D eigenvalue weighted by atomic mass is 9.76. The van der Waals surface area contributed by atoms with Crippen LogP contribution in [-0.2, 0) is 19.9 Å². The predicted molar refractivity (Wildman–Crippen MR) is 93.9 cm³/mol. The number of amides is 3. The molecule has 0 aromatic heterocycles. The van der Waals surface area contributed by atoms with Crippen molar-refractivity contribution < 1.29 is 23.9 Å². The summed E-state index contributed by atoms with van der Waals surface area (Å²) in [5, 5.41) is 16.0. The van der Waals surface area contributed by atoms with Crippen LogP contribution in [0.15, 0.2) is 18.2 Å². The quantitative estimate of drug-likeness (QED) is 0.677. The molecule has 1 spiro atoms. The summed E-state index contributed by atoms with van der Waals surface area (Å²) >= 11 is 0. The van der Waals surface area contributed by atoms with Gasteiger partial charge in [0.1, 0.15) is 11.4 Å². The minimum absolute atomic E-state index is 0.304. The summed E-state index contributed by atoms with van der Waals surface area (Å²) in [7, 11) is 0. The Labute approximate surface area is 155 Å². The molecule has 0 unspecified atom stereocenters. The highest BCUT2D eigenvalue weighted by Crippen LogP contribution is 2.53. The molecule has 8 heteroatoms. The number of carbonyl (C=O) groups excluding carboxylic acids is 3. The molecule has 1 aromatic carbocycles. The smallest absolute Gasteiger partial charge is 0.250 e. The average molecular weight is 375 g/mol. The summed E-state index contributed by atoms with van der Waals surface area (Å²) in [5.74, 6) is -3.81. The molecule has 0 saturated carbocycles. The number of hydrogen-bond acceptors (Lipinski definition) is 5. The SMILES string of the molecule is CC[C@H](C)N1C(=O)[C@@H]2[C@H]([C@H](C)O)N[C@@]3(C(=O)Nc4ccc(F)cc43)[C@@H]2C1=O. The van der Waals surface area contributed by atoms with Gasteiger partial charge in [-0.2, -0.15) is 0 Å². The fourth-order valence-electron chi connectivity index (χ4n) is 4.76. The van der Waals surface area contributed by atoms with Crippen molar-refractivity contribution >= 4 is 23.4 Å². The Morgan fingerprint density at radius 2 is 1.96 bits per heavy atom. The number of anilines is 1. The third-order valence-electron chi connectivity index (χ3n) is 6.20. The van der Waals surface area contributed by atoms with E-state index in [1.54, 1.807) is 6.92 Å². The summed E-state index contributed by atoms with van der Waals surface area (Å²) < 4.78 is 14.0. The van der Waals surface area contributed by atoms with E-state index in [0.717, 1.165) is 0 Å². The summed E-state index contributed by atoms with van der Waals surface area (Å²) in [5.41, 5.74) is -0.863. The largest absolute Gasteiger partial charge is 0.392 e. The second kappa shape index (κ2) is 5.84. The summed E-state index contributed by atoms with van der Waals surface area (Å²) in [6.07, 6.45) is -0.399. The van der Waals surface area contributed by atoms with Gasteiger partial charge >= 0.3 is 0 Å². The van der Waals surface area contributed by atoms with Crippen molar-refractivity contribution in [2.75, 3.05) is 5.32 Å². The van der Waals surface area contributed by atoms with E-state index in [9.17, 15) is 23.9 Å². The second-order valence-electron chi connectivity index (χ2n) is 7.67. The number of hydrogen-bond donors (Lipinski definition) is 3. The van der Waals surface area contributed by atoms with Gasteiger partial charge < -0.3 is 10.4 Å². The van der Waals surface area contributed by atoms with Crippen molar-refractivity contribution in [3.05, 3.63) is 29.6 Å². The van der Waals surface area contributed by atoms with E-state index >= 15 is 0 Å². The highest BCUT2D eigenvalue weighted by Gasteiger charge is 2.71. The Hall–Kier alpha value is -2.32. The first-order chi connectivity index (χ1) is 12.7. The number of nitrogens with zero attached hydrogens (tertiary/aromatic N) is 1. The molecule has 0 aliphatic carbocycles. The van der Waals surface area contributed by atoms with E-state index in [0.29, 0.717) is 17.7 Å². The molecular weight excluding hydrogens is 353 g/mol. The fraction of sp³-hybridized carbons (Fsp3) is 0.526. The molecule has 144 valence electrons. The number of fused-ring (bicyclic) bond motifs is 4. The molecule has 4 rings (SSSR count). The number of benzene rings is 1. The Kier molecular flexibility index (Phi) is 3.91. The van der Waals surface area contributed by atoms with Crippen LogP contribution in [0.1, 0.15) is 32.8 Å². The Morgan fingerprint density at radius 3 is 2.59 bits per heavy atom. The number of aliphatic hydroxyl groups is 1. The van der Waals surface area contributed by atoms with Crippen LogP contribution in [-0.4, -0.2) is 45.9 Å². The van der Waals surface area contributed by atoms with Crippen molar-refractivity contribution in [2.45, 2.75) is 50.9 Å². The molecule has 1 aromatic rings. The maximum absolute atomic E-state index is 14.0.